The molecule has 1 rings (SSSR count). The molecule has 7 heteroatoms. The van der Waals surface area contributed by atoms with Crippen molar-refractivity contribution in [3.63, 3.8) is 0 Å². The highest BCUT2D eigenvalue weighted by atomic mass is 32.2. The largest absolute Gasteiger partial charge is 0.285 e. The number of carbonyl (C=O) groups excluding carboxylic acids is 2. The fraction of sp³-hybridized carbons (Fsp3) is 0.833. The van der Waals surface area contributed by atoms with Gasteiger partial charge in [0.25, 0.3) is 16.0 Å². The third kappa shape index (κ3) is 3.54. The minimum atomic E-state index is -4.53. The Morgan fingerprint density at radius 2 is 1.74 bits per heavy atom. The van der Waals surface area contributed by atoms with Gasteiger partial charge in [-0.05, 0) is 12.8 Å². The van der Waals surface area contributed by atoms with Crippen LogP contribution >= 0.6 is 0 Å². The molecule has 0 saturated carbocycles. The second kappa shape index (κ2) is 6.47. The average molecular weight is 291 g/mol. The van der Waals surface area contributed by atoms with Crippen LogP contribution in [0.1, 0.15) is 46.0 Å². The normalized spacial score (nSPS) is 24.3. The fourth-order valence-electron chi connectivity index (χ4n) is 2.40. The van der Waals surface area contributed by atoms with E-state index in [-0.39, 0.29) is 13.0 Å². The molecule has 0 aromatic heterocycles. The lowest BCUT2D eigenvalue weighted by atomic mass is 10.1. The van der Waals surface area contributed by atoms with Gasteiger partial charge in [-0.3, -0.25) is 19.0 Å². The molecule has 1 saturated heterocycles. The summed E-state index contributed by atoms with van der Waals surface area (Å²) in [7, 11) is -4.53. The van der Waals surface area contributed by atoms with Crippen molar-refractivity contribution in [3.8, 4) is 0 Å². The molecule has 2 amide bonds. The van der Waals surface area contributed by atoms with Crippen LogP contribution in [0, 0.1) is 5.92 Å². The SMILES string of the molecule is CCCCCCN1C(=O)C(CC)C(S(=O)(=O)O)C1=O. The van der Waals surface area contributed by atoms with Gasteiger partial charge in [-0.25, -0.2) is 0 Å². The van der Waals surface area contributed by atoms with Crippen LogP contribution in [-0.4, -0.2) is 41.5 Å². The van der Waals surface area contributed by atoms with Crippen molar-refractivity contribution in [3.05, 3.63) is 0 Å². The molecule has 1 aliphatic rings. The van der Waals surface area contributed by atoms with Gasteiger partial charge in [0.2, 0.25) is 5.91 Å². The van der Waals surface area contributed by atoms with Gasteiger partial charge in [0.1, 0.15) is 0 Å². The van der Waals surface area contributed by atoms with Crippen LogP contribution < -0.4 is 0 Å². The zero-order valence-electron chi connectivity index (χ0n) is 11.3. The molecular formula is C12H21NO5S. The Balaban J connectivity index is 2.80. The summed E-state index contributed by atoms with van der Waals surface area (Å²) in [6, 6.07) is 0. The summed E-state index contributed by atoms with van der Waals surface area (Å²) in [6.07, 6.45) is 3.82. The standard InChI is InChI=1S/C12H21NO5S/c1-3-5-6-7-8-13-11(14)9(4-2)10(12(13)15)19(16,17)18/h9-10H,3-8H2,1-2H3,(H,16,17,18). The molecule has 2 atom stereocenters. The Morgan fingerprint density at radius 1 is 1.11 bits per heavy atom. The van der Waals surface area contributed by atoms with E-state index in [1.54, 1.807) is 6.92 Å². The number of likely N-dealkylation sites (tertiary alicyclic amines) is 1. The van der Waals surface area contributed by atoms with Gasteiger partial charge >= 0.3 is 0 Å². The van der Waals surface area contributed by atoms with Crippen LogP contribution in [0.3, 0.4) is 0 Å². The average Bonchev–Trinajstić information content (AvgIpc) is 2.56. The zero-order valence-corrected chi connectivity index (χ0v) is 12.1. The Hall–Kier alpha value is -0.950. The first-order chi connectivity index (χ1) is 8.84. The van der Waals surface area contributed by atoms with Gasteiger partial charge in [0, 0.05) is 6.54 Å². The number of imide groups is 1. The predicted octanol–water partition coefficient (Wildman–Crippen LogP) is 1.22. The van der Waals surface area contributed by atoms with Gasteiger partial charge in [-0.1, -0.05) is 33.1 Å². The summed E-state index contributed by atoms with van der Waals surface area (Å²) < 4.78 is 31.6. The minimum absolute atomic E-state index is 0.223. The van der Waals surface area contributed by atoms with E-state index in [0.717, 1.165) is 24.2 Å². The summed E-state index contributed by atoms with van der Waals surface area (Å²) in [5.74, 6) is -2.21. The van der Waals surface area contributed by atoms with Crippen LogP contribution in [0.5, 0.6) is 0 Å². The number of unbranched alkanes of at least 4 members (excludes halogenated alkanes) is 3. The fourth-order valence-corrected chi connectivity index (χ4v) is 3.51. The van der Waals surface area contributed by atoms with Crippen molar-refractivity contribution in [2.45, 2.75) is 51.2 Å². The second-order valence-corrected chi connectivity index (χ2v) is 6.38. The van der Waals surface area contributed by atoms with E-state index in [0.29, 0.717) is 6.42 Å². The van der Waals surface area contributed by atoms with Gasteiger partial charge in [0.15, 0.2) is 5.25 Å². The highest BCUT2D eigenvalue weighted by Gasteiger charge is 2.52. The Bertz CT molecular complexity index is 445. The second-order valence-electron chi connectivity index (χ2n) is 4.84. The number of hydrogen-bond donors (Lipinski definition) is 1. The molecule has 0 aliphatic carbocycles. The van der Waals surface area contributed by atoms with Crippen LogP contribution in [-0.2, 0) is 19.7 Å². The highest BCUT2D eigenvalue weighted by molar-refractivity contribution is 7.87. The van der Waals surface area contributed by atoms with Crippen LogP contribution in [0.15, 0.2) is 0 Å². The van der Waals surface area contributed by atoms with Crippen molar-refractivity contribution in [2.75, 3.05) is 6.54 Å². The van der Waals surface area contributed by atoms with E-state index in [1.165, 1.54) is 0 Å². The van der Waals surface area contributed by atoms with Crippen LogP contribution in [0.25, 0.3) is 0 Å². The third-order valence-electron chi connectivity index (χ3n) is 3.45. The molecule has 2 unspecified atom stereocenters. The van der Waals surface area contributed by atoms with E-state index in [1.807, 2.05) is 6.92 Å². The monoisotopic (exact) mass is 291 g/mol. The number of hydrogen-bond acceptors (Lipinski definition) is 4. The minimum Gasteiger partial charge on any atom is -0.285 e. The maximum absolute atomic E-state index is 12.0. The van der Waals surface area contributed by atoms with Gasteiger partial charge in [0.05, 0.1) is 5.92 Å². The van der Waals surface area contributed by atoms with Crippen molar-refractivity contribution in [1.82, 2.24) is 4.90 Å². The highest BCUT2D eigenvalue weighted by Crippen LogP contribution is 2.28. The molecule has 0 radical (unpaired) electrons. The van der Waals surface area contributed by atoms with E-state index in [2.05, 4.69) is 0 Å². The van der Waals surface area contributed by atoms with E-state index < -0.39 is 33.1 Å². The van der Waals surface area contributed by atoms with Gasteiger partial charge in [-0.15, -0.1) is 0 Å². The molecule has 0 spiro atoms. The van der Waals surface area contributed by atoms with Crippen LogP contribution in [0.4, 0.5) is 0 Å². The summed E-state index contributed by atoms with van der Waals surface area (Å²) in [5, 5.41) is -1.61. The van der Waals surface area contributed by atoms with Crippen molar-refractivity contribution in [1.29, 1.82) is 0 Å². The lowest BCUT2D eigenvalue weighted by molar-refractivity contribution is -0.139. The smallest absolute Gasteiger partial charge is 0.277 e. The number of carbonyl (C=O) groups is 2. The molecule has 0 bridgehead atoms. The molecule has 1 heterocycles. The first kappa shape index (κ1) is 16.1. The summed E-state index contributed by atoms with van der Waals surface area (Å²) in [4.78, 5) is 24.9. The molecule has 110 valence electrons. The first-order valence-corrected chi connectivity index (χ1v) is 8.16. The maximum Gasteiger partial charge on any atom is 0.277 e. The zero-order chi connectivity index (χ0) is 14.6. The molecule has 0 aromatic rings. The third-order valence-corrected chi connectivity index (χ3v) is 4.63. The number of rotatable bonds is 7. The van der Waals surface area contributed by atoms with E-state index in [9.17, 15) is 18.0 Å². The lowest BCUT2D eigenvalue weighted by Gasteiger charge is -2.13. The number of nitrogens with zero attached hydrogens (tertiary/aromatic N) is 1. The molecular weight excluding hydrogens is 270 g/mol. The van der Waals surface area contributed by atoms with Gasteiger partial charge < -0.3 is 0 Å². The van der Waals surface area contributed by atoms with Crippen molar-refractivity contribution >= 4 is 21.9 Å². The van der Waals surface area contributed by atoms with E-state index in [4.69, 9.17) is 4.55 Å². The summed E-state index contributed by atoms with van der Waals surface area (Å²) in [6.45, 7) is 3.92. The predicted molar refractivity (Wildman–Crippen MR) is 70.0 cm³/mol. The maximum atomic E-state index is 12.0. The Morgan fingerprint density at radius 3 is 2.16 bits per heavy atom. The molecule has 6 nitrogen and oxygen atoms in total. The molecule has 0 aromatic carbocycles. The lowest BCUT2D eigenvalue weighted by Crippen LogP contribution is -2.36. The number of amides is 2. The summed E-state index contributed by atoms with van der Waals surface area (Å²) >= 11 is 0. The van der Waals surface area contributed by atoms with Crippen LogP contribution in [0.2, 0.25) is 0 Å². The molecule has 1 fully saturated rings. The Kier molecular flexibility index (Phi) is 5.49. The van der Waals surface area contributed by atoms with Crippen molar-refractivity contribution < 1.29 is 22.6 Å². The Labute approximate surface area is 113 Å². The molecule has 19 heavy (non-hydrogen) atoms. The van der Waals surface area contributed by atoms with Crippen molar-refractivity contribution in [2.24, 2.45) is 5.92 Å². The van der Waals surface area contributed by atoms with E-state index >= 15 is 0 Å². The summed E-state index contributed by atoms with van der Waals surface area (Å²) in [5.41, 5.74) is 0. The van der Waals surface area contributed by atoms with Gasteiger partial charge in [-0.2, -0.15) is 8.42 Å². The topological polar surface area (TPSA) is 91.8 Å². The molecule has 1 aliphatic heterocycles. The quantitative estimate of drug-likeness (QED) is 0.432. The first-order valence-electron chi connectivity index (χ1n) is 6.66. The molecule has 1 N–H and O–H groups in total.